The van der Waals surface area contributed by atoms with Crippen LogP contribution < -0.4 is 5.32 Å². The molecule has 5 aromatic rings. The average molecular weight is 448 g/mol. The van der Waals surface area contributed by atoms with Crippen LogP contribution in [0.4, 0.5) is 5.82 Å². The van der Waals surface area contributed by atoms with Gasteiger partial charge in [0.1, 0.15) is 11.3 Å². The fourth-order valence-electron chi connectivity index (χ4n) is 3.97. The third kappa shape index (κ3) is 4.71. The Morgan fingerprint density at radius 2 is 1.68 bits per heavy atom. The van der Waals surface area contributed by atoms with E-state index in [-0.39, 0.29) is 5.78 Å². The number of carbonyl (C=O) groups excluding carboxylic acids is 1. The number of carbonyl (C=O) groups is 1. The van der Waals surface area contributed by atoms with Crippen LogP contribution >= 0.6 is 0 Å². The van der Waals surface area contributed by atoms with Crippen molar-refractivity contribution in [2.45, 2.75) is 26.3 Å². The summed E-state index contributed by atoms with van der Waals surface area (Å²) in [4.78, 5) is 20.7. The summed E-state index contributed by atoms with van der Waals surface area (Å²) >= 11 is 0. The van der Waals surface area contributed by atoms with Crippen molar-refractivity contribution in [3.8, 4) is 22.5 Å². The topological polar surface area (TPSA) is 72.2 Å². The Bertz CT molecular complexity index is 1430. The van der Waals surface area contributed by atoms with Gasteiger partial charge in [-0.25, -0.2) is 9.50 Å². The summed E-state index contributed by atoms with van der Waals surface area (Å²) in [7, 11) is 0. The lowest BCUT2D eigenvalue weighted by molar-refractivity contribution is -0.116. The highest BCUT2D eigenvalue weighted by Gasteiger charge is 2.15. The Morgan fingerprint density at radius 3 is 2.44 bits per heavy atom. The van der Waals surface area contributed by atoms with Gasteiger partial charge in [-0.2, -0.15) is 0 Å². The lowest BCUT2D eigenvalue weighted by atomic mass is 10.1. The second-order valence-corrected chi connectivity index (χ2v) is 8.30. The van der Waals surface area contributed by atoms with E-state index in [0.717, 1.165) is 33.6 Å². The van der Waals surface area contributed by atoms with Crippen LogP contribution in [0.1, 0.15) is 24.5 Å². The van der Waals surface area contributed by atoms with Gasteiger partial charge in [0.25, 0.3) is 0 Å². The number of pyridine rings is 1. The zero-order valence-electron chi connectivity index (χ0n) is 19.0. The van der Waals surface area contributed by atoms with Gasteiger partial charge in [0, 0.05) is 42.7 Å². The molecule has 2 aromatic carbocycles. The van der Waals surface area contributed by atoms with Crippen LogP contribution in [-0.2, 0) is 17.8 Å². The highest BCUT2D eigenvalue weighted by molar-refractivity contribution is 5.89. The largest absolute Gasteiger partial charge is 0.364 e. The highest BCUT2D eigenvalue weighted by atomic mass is 16.1. The van der Waals surface area contributed by atoms with Crippen LogP contribution in [-0.4, -0.2) is 25.4 Å². The van der Waals surface area contributed by atoms with Crippen molar-refractivity contribution in [3.63, 3.8) is 0 Å². The monoisotopic (exact) mass is 447 g/mol. The van der Waals surface area contributed by atoms with Gasteiger partial charge in [0.15, 0.2) is 11.6 Å². The number of anilines is 1. The minimum Gasteiger partial charge on any atom is -0.364 e. The molecule has 168 valence electrons. The van der Waals surface area contributed by atoms with E-state index in [9.17, 15) is 4.79 Å². The van der Waals surface area contributed by atoms with Crippen molar-refractivity contribution in [3.05, 3.63) is 103 Å². The lowest BCUT2D eigenvalue weighted by Gasteiger charge is -2.12. The number of aromatic nitrogens is 4. The van der Waals surface area contributed by atoms with Crippen molar-refractivity contribution in [2.75, 3.05) is 5.32 Å². The maximum Gasteiger partial charge on any atom is 0.183 e. The third-order valence-electron chi connectivity index (χ3n) is 5.72. The van der Waals surface area contributed by atoms with Crippen LogP contribution in [0.15, 0.2) is 91.4 Å². The second-order valence-electron chi connectivity index (χ2n) is 8.30. The number of ketones is 1. The quantitative estimate of drug-likeness (QED) is 0.336. The molecule has 0 fully saturated rings. The highest BCUT2D eigenvalue weighted by Crippen LogP contribution is 2.31. The van der Waals surface area contributed by atoms with Crippen LogP contribution in [0.25, 0.3) is 28.0 Å². The van der Waals surface area contributed by atoms with Gasteiger partial charge in [-0.05, 0) is 42.2 Å². The Morgan fingerprint density at radius 1 is 0.912 bits per heavy atom. The summed E-state index contributed by atoms with van der Waals surface area (Å²) in [5.41, 5.74) is 6.08. The Balaban J connectivity index is 1.58. The molecule has 0 atom stereocenters. The number of nitrogens with one attached hydrogen (secondary N) is 1. The van der Waals surface area contributed by atoms with Crippen LogP contribution in [0, 0.1) is 0 Å². The predicted octanol–water partition coefficient (Wildman–Crippen LogP) is 5.59. The fraction of sp³-hybridized carbons (Fsp3) is 0.143. The summed E-state index contributed by atoms with van der Waals surface area (Å²) in [6.45, 7) is 2.25. The number of benzene rings is 2. The van der Waals surface area contributed by atoms with Gasteiger partial charge >= 0.3 is 0 Å². The van der Waals surface area contributed by atoms with E-state index in [1.807, 2.05) is 53.2 Å². The molecule has 6 nitrogen and oxygen atoms in total. The van der Waals surface area contributed by atoms with Crippen LogP contribution in [0.5, 0.6) is 0 Å². The first kappa shape index (κ1) is 21.5. The van der Waals surface area contributed by atoms with Crippen LogP contribution in [0.2, 0.25) is 0 Å². The Hall–Kier alpha value is -4.32. The molecule has 0 aliphatic rings. The fourth-order valence-corrected chi connectivity index (χ4v) is 3.97. The minimum absolute atomic E-state index is 0.163. The summed E-state index contributed by atoms with van der Waals surface area (Å²) in [5.74, 6) is 1.50. The molecule has 0 saturated heterocycles. The number of hydrogen-bond acceptors (Lipinski definition) is 5. The van der Waals surface area contributed by atoms with Crippen molar-refractivity contribution in [1.29, 1.82) is 0 Å². The smallest absolute Gasteiger partial charge is 0.183 e. The number of rotatable bonds is 8. The second kappa shape index (κ2) is 9.67. The lowest BCUT2D eigenvalue weighted by Crippen LogP contribution is -2.07. The molecular formula is C28H25N5O. The maximum atomic E-state index is 11.4. The Labute approximate surface area is 198 Å². The molecule has 0 bridgehead atoms. The summed E-state index contributed by atoms with van der Waals surface area (Å²) in [6, 6.07) is 24.6. The van der Waals surface area contributed by atoms with Gasteiger partial charge in [0.05, 0.1) is 0 Å². The molecule has 3 heterocycles. The maximum absolute atomic E-state index is 11.4. The van der Waals surface area contributed by atoms with Gasteiger partial charge in [-0.1, -0.05) is 60.7 Å². The third-order valence-corrected chi connectivity index (χ3v) is 5.72. The summed E-state index contributed by atoms with van der Waals surface area (Å²) in [6.07, 6.45) is 6.67. The molecule has 0 unspecified atom stereocenters. The molecule has 3 aromatic heterocycles. The molecular weight excluding hydrogens is 422 g/mol. The standard InChI is InChI=1S/C28H25N5O/c1-20(34)12-13-22-16-24(19-29-17-22)27-31-28(30-18-21-8-4-2-5-9-21)26-25(14-15-33(26)32-27)23-10-6-3-7-11-23/h2-11,14-17,19H,12-13,18H2,1H3,(H,30,31,32). The number of aryl methyl sites for hydroxylation is 1. The van der Waals surface area contributed by atoms with E-state index in [4.69, 9.17) is 10.1 Å². The van der Waals surface area contributed by atoms with E-state index >= 15 is 0 Å². The van der Waals surface area contributed by atoms with E-state index in [1.165, 1.54) is 5.56 Å². The molecule has 0 aliphatic carbocycles. The summed E-state index contributed by atoms with van der Waals surface area (Å²) < 4.78 is 1.88. The minimum atomic E-state index is 0.163. The Kier molecular flexibility index (Phi) is 6.12. The van der Waals surface area contributed by atoms with Gasteiger partial charge < -0.3 is 10.1 Å². The van der Waals surface area contributed by atoms with E-state index < -0.39 is 0 Å². The molecule has 34 heavy (non-hydrogen) atoms. The van der Waals surface area contributed by atoms with Gasteiger partial charge in [-0.15, -0.1) is 5.10 Å². The molecule has 6 heteroatoms. The molecule has 0 spiro atoms. The number of hydrogen-bond donors (Lipinski definition) is 1. The van der Waals surface area contributed by atoms with E-state index in [0.29, 0.717) is 25.2 Å². The van der Waals surface area contributed by atoms with Gasteiger partial charge in [0.2, 0.25) is 0 Å². The molecule has 0 saturated carbocycles. The molecule has 0 radical (unpaired) electrons. The molecule has 0 aliphatic heterocycles. The first-order valence-corrected chi connectivity index (χ1v) is 11.3. The summed E-state index contributed by atoms with van der Waals surface area (Å²) in [5, 5.41) is 8.33. The zero-order chi connectivity index (χ0) is 23.3. The first-order chi connectivity index (χ1) is 16.7. The van der Waals surface area contributed by atoms with Crippen molar-refractivity contribution >= 4 is 17.1 Å². The molecule has 0 amide bonds. The van der Waals surface area contributed by atoms with Crippen molar-refractivity contribution in [1.82, 2.24) is 19.6 Å². The first-order valence-electron chi connectivity index (χ1n) is 11.3. The number of fused-ring (bicyclic) bond motifs is 1. The van der Waals surface area contributed by atoms with Gasteiger partial charge in [-0.3, -0.25) is 4.98 Å². The SMILES string of the molecule is CC(=O)CCc1cncc(-c2nc(NCc3ccccc3)c3c(-c4ccccc4)ccn3n2)c1. The normalized spacial score (nSPS) is 11.0. The molecule has 1 N–H and O–H groups in total. The van der Waals surface area contributed by atoms with E-state index in [2.05, 4.69) is 40.6 Å². The zero-order valence-corrected chi connectivity index (χ0v) is 19.0. The van der Waals surface area contributed by atoms with Crippen molar-refractivity contribution in [2.24, 2.45) is 0 Å². The average Bonchev–Trinajstić information content (AvgIpc) is 3.32. The van der Waals surface area contributed by atoms with E-state index in [1.54, 1.807) is 19.3 Å². The molecule has 5 rings (SSSR count). The predicted molar refractivity (Wildman–Crippen MR) is 134 cm³/mol. The van der Waals surface area contributed by atoms with Crippen molar-refractivity contribution < 1.29 is 4.79 Å². The number of nitrogens with zero attached hydrogens (tertiary/aromatic N) is 4. The number of Topliss-reactive ketones (excluding diaryl/α,β-unsaturated/α-hetero) is 1. The van der Waals surface area contributed by atoms with Crippen LogP contribution in [0.3, 0.4) is 0 Å².